The van der Waals surface area contributed by atoms with Crippen LogP contribution in [0.5, 0.6) is 0 Å². The predicted octanol–water partition coefficient (Wildman–Crippen LogP) is 2.46. The topological polar surface area (TPSA) is 41.1 Å². The lowest BCUT2D eigenvalue weighted by Crippen LogP contribution is -2.58. The zero-order valence-electron chi connectivity index (χ0n) is 12.4. The maximum atomic E-state index is 12.6. The van der Waals surface area contributed by atoms with E-state index in [-0.39, 0.29) is 6.04 Å². The van der Waals surface area contributed by atoms with E-state index in [9.17, 15) is 4.79 Å². The van der Waals surface area contributed by atoms with E-state index in [1.807, 2.05) is 0 Å². The van der Waals surface area contributed by atoms with Gasteiger partial charge in [0.15, 0.2) is 0 Å². The molecule has 3 heteroatoms. The molecule has 0 aromatic heterocycles. The van der Waals surface area contributed by atoms with Crippen LogP contribution in [0.25, 0.3) is 0 Å². The summed E-state index contributed by atoms with van der Waals surface area (Å²) in [5.74, 6) is 3.86. The lowest BCUT2D eigenvalue weighted by Gasteiger charge is -2.54. The van der Waals surface area contributed by atoms with Crippen LogP contribution in [0.15, 0.2) is 0 Å². The van der Waals surface area contributed by atoms with Gasteiger partial charge in [0.05, 0.1) is 6.04 Å². The second kappa shape index (κ2) is 5.32. The summed E-state index contributed by atoms with van der Waals surface area (Å²) in [5.41, 5.74) is 0. The summed E-state index contributed by atoms with van der Waals surface area (Å²) in [6, 6.07) is 0.579. The molecule has 4 aliphatic carbocycles. The third kappa shape index (κ3) is 2.38. The van der Waals surface area contributed by atoms with Gasteiger partial charge in [0.2, 0.25) is 5.91 Å². The highest BCUT2D eigenvalue weighted by molar-refractivity contribution is 5.82. The van der Waals surface area contributed by atoms with E-state index in [2.05, 4.69) is 10.6 Å². The van der Waals surface area contributed by atoms with Gasteiger partial charge in [-0.1, -0.05) is 12.8 Å². The van der Waals surface area contributed by atoms with Crippen molar-refractivity contribution >= 4 is 5.91 Å². The minimum Gasteiger partial charge on any atom is -0.351 e. The summed E-state index contributed by atoms with van der Waals surface area (Å²) in [4.78, 5) is 12.6. The lowest BCUT2D eigenvalue weighted by atomic mass is 9.54. The maximum absolute atomic E-state index is 12.6. The van der Waals surface area contributed by atoms with Gasteiger partial charge in [-0.05, 0) is 75.2 Å². The lowest BCUT2D eigenvalue weighted by molar-refractivity contribution is -0.127. The molecule has 2 N–H and O–H groups in total. The number of hydrogen-bond acceptors (Lipinski definition) is 2. The van der Waals surface area contributed by atoms with Gasteiger partial charge >= 0.3 is 0 Å². The fourth-order valence-electron chi connectivity index (χ4n) is 5.68. The molecule has 0 aromatic carbocycles. The van der Waals surface area contributed by atoms with Crippen LogP contribution < -0.4 is 10.6 Å². The largest absolute Gasteiger partial charge is 0.351 e. The molecule has 1 aliphatic heterocycles. The molecule has 0 spiro atoms. The minimum atomic E-state index is 0.0784. The van der Waals surface area contributed by atoms with Crippen molar-refractivity contribution in [1.29, 1.82) is 0 Å². The second-order valence-electron chi connectivity index (χ2n) is 7.82. The SMILES string of the molecule is O=C(NC1C2CC3CC(C2)CC1C3)C1CCCCCN1. The van der Waals surface area contributed by atoms with E-state index < -0.39 is 0 Å². The number of carbonyl (C=O) groups is 1. The molecule has 1 amide bonds. The van der Waals surface area contributed by atoms with Gasteiger partial charge < -0.3 is 10.6 Å². The Morgan fingerprint density at radius 3 is 2.30 bits per heavy atom. The quantitative estimate of drug-likeness (QED) is 0.813. The summed E-state index contributed by atoms with van der Waals surface area (Å²) >= 11 is 0. The van der Waals surface area contributed by atoms with Gasteiger partial charge in [-0.25, -0.2) is 0 Å². The van der Waals surface area contributed by atoms with Gasteiger partial charge in [-0.15, -0.1) is 0 Å². The van der Waals surface area contributed by atoms with Crippen molar-refractivity contribution in [2.45, 2.75) is 69.9 Å². The first-order chi connectivity index (χ1) is 9.79. The molecular formula is C17H28N2O. The summed E-state index contributed by atoms with van der Waals surface area (Å²) in [7, 11) is 0. The smallest absolute Gasteiger partial charge is 0.237 e. The molecule has 1 heterocycles. The third-order valence-corrected chi connectivity index (χ3v) is 6.41. The first kappa shape index (κ1) is 13.1. The average molecular weight is 276 g/mol. The zero-order valence-corrected chi connectivity index (χ0v) is 12.4. The average Bonchev–Trinajstić information content (AvgIpc) is 2.71. The Morgan fingerprint density at radius 2 is 1.60 bits per heavy atom. The molecular weight excluding hydrogens is 248 g/mol. The predicted molar refractivity (Wildman–Crippen MR) is 79.2 cm³/mol. The molecule has 0 radical (unpaired) electrons. The molecule has 1 atom stereocenters. The molecule has 1 saturated heterocycles. The highest BCUT2D eigenvalue weighted by atomic mass is 16.2. The van der Waals surface area contributed by atoms with Crippen LogP contribution in [-0.2, 0) is 4.79 Å². The summed E-state index contributed by atoms with van der Waals surface area (Å²) in [5, 5.41) is 6.90. The molecule has 112 valence electrons. The van der Waals surface area contributed by atoms with Crippen LogP contribution in [-0.4, -0.2) is 24.5 Å². The monoisotopic (exact) mass is 276 g/mol. The molecule has 1 unspecified atom stereocenters. The van der Waals surface area contributed by atoms with E-state index >= 15 is 0 Å². The van der Waals surface area contributed by atoms with Gasteiger partial charge in [0.1, 0.15) is 0 Å². The van der Waals surface area contributed by atoms with Gasteiger partial charge in [0, 0.05) is 6.04 Å². The van der Waals surface area contributed by atoms with Crippen LogP contribution in [0.2, 0.25) is 0 Å². The van der Waals surface area contributed by atoms with E-state index in [4.69, 9.17) is 0 Å². The van der Waals surface area contributed by atoms with Crippen molar-refractivity contribution in [2.75, 3.05) is 6.54 Å². The Hall–Kier alpha value is -0.570. The molecule has 5 fully saturated rings. The van der Waals surface area contributed by atoms with Crippen LogP contribution in [0, 0.1) is 23.7 Å². The molecule has 20 heavy (non-hydrogen) atoms. The van der Waals surface area contributed by atoms with Crippen molar-refractivity contribution in [1.82, 2.24) is 10.6 Å². The number of hydrogen-bond donors (Lipinski definition) is 2. The van der Waals surface area contributed by atoms with Gasteiger partial charge in [-0.3, -0.25) is 4.79 Å². The Bertz CT molecular complexity index is 345. The van der Waals surface area contributed by atoms with Crippen molar-refractivity contribution in [2.24, 2.45) is 23.7 Å². The summed E-state index contributed by atoms with van der Waals surface area (Å²) in [6.45, 7) is 1.01. The van der Waals surface area contributed by atoms with Crippen molar-refractivity contribution < 1.29 is 4.79 Å². The van der Waals surface area contributed by atoms with Crippen molar-refractivity contribution in [3.8, 4) is 0 Å². The summed E-state index contributed by atoms with van der Waals surface area (Å²) < 4.78 is 0. The molecule has 0 aromatic rings. The van der Waals surface area contributed by atoms with Gasteiger partial charge in [-0.2, -0.15) is 0 Å². The standard InChI is InChI=1S/C17H28N2O/c20-17(15-4-2-1-3-5-18-15)19-16-13-7-11-6-12(9-13)10-14(16)8-11/h11-16,18H,1-10H2,(H,19,20). The van der Waals surface area contributed by atoms with E-state index in [0.29, 0.717) is 11.9 Å². The summed E-state index contributed by atoms with van der Waals surface area (Å²) in [6.07, 6.45) is 11.7. The Labute approximate surface area is 122 Å². The van der Waals surface area contributed by atoms with Crippen LogP contribution in [0.4, 0.5) is 0 Å². The highest BCUT2D eigenvalue weighted by Gasteiger charge is 2.48. The van der Waals surface area contributed by atoms with Crippen LogP contribution in [0.3, 0.4) is 0 Å². The van der Waals surface area contributed by atoms with E-state index in [1.54, 1.807) is 0 Å². The first-order valence-electron chi connectivity index (χ1n) is 8.83. The molecule has 4 bridgehead atoms. The Kier molecular flexibility index (Phi) is 3.49. The normalized spacial score (nSPS) is 47.0. The fraction of sp³-hybridized carbons (Fsp3) is 0.941. The number of rotatable bonds is 2. The molecule has 5 rings (SSSR count). The van der Waals surface area contributed by atoms with Crippen LogP contribution in [0.1, 0.15) is 57.8 Å². The Balaban J connectivity index is 1.40. The minimum absolute atomic E-state index is 0.0784. The number of carbonyl (C=O) groups excluding carboxylic acids is 1. The number of nitrogens with one attached hydrogen (secondary N) is 2. The van der Waals surface area contributed by atoms with Gasteiger partial charge in [0.25, 0.3) is 0 Å². The third-order valence-electron chi connectivity index (χ3n) is 6.41. The maximum Gasteiger partial charge on any atom is 0.237 e. The highest BCUT2D eigenvalue weighted by Crippen LogP contribution is 2.53. The first-order valence-corrected chi connectivity index (χ1v) is 8.83. The zero-order chi connectivity index (χ0) is 13.5. The fourth-order valence-corrected chi connectivity index (χ4v) is 5.68. The number of amides is 1. The Morgan fingerprint density at radius 1 is 0.900 bits per heavy atom. The molecule has 5 aliphatic rings. The van der Waals surface area contributed by atoms with E-state index in [0.717, 1.165) is 36.6 Å². The van der Waals surface area contributed by atoms with Crippen molar-refractivity contribution in [3.05, 3.63) is 0 Å². The molecule has 3 nitrogen and oxygen atoms in total. The second-order valence-corrected chi connectivity index (χ2v) is 7.82. The molecule has 4 saturated carbocycles. The van der Waals surface area contributed by atoms with Crippen molar-refractivity contribution in [3.63, 3.8) is 0 Å². The van der Waals surface area contributed by atoms with E-state index in [1.165, 1.54) is 51.4 Å². The van der Waals surface area contributed by atoms with Crippen LogP contribution >= 0.6 is 0 Å².